The van der Waals surface area contributed by atoms with Crippen molar-refractivity contribution in [3.63, 3.8) is 0 Å². The van der Waals surface area contributed by atoms with Gasteiger partial charge in [0.1, 0.15) is 0 Å². The van der Waals surface area contributed by atoms with E-state index in [0.29, 0.717) is 19.4 Å². The molecule has 0 unspecified atom stereocenters. The maximum atomic E-state index is 11.2. The standard InChI is InChI=1S/C9H18N2O2/c1-4-5-9(13)11(3)7-6-8(12)10-2/h4-7H2,1-3H3,(H,10,12). The fraction of sp³-hybridized carbons (Fsp3) is 0.778. The number of hydrogen-bond acceptors (Lipinski definition) is 2. The van der Waals surface area contributed by atoms with Gasteiger partial charge >= 0.3 is 0 Å². The highest BCUT2D eigenvalue weighted by molar-refractivity contribution is 5.78. The Morgan fingerprint density at radius 1 is 1.31 bits per heavy atom. The van der Waals surface area contributed by atoms with E-state index in [1.807, 2.05) is 6.92 Å². The lowest BCUT2D eigenvalue weighted by Crippen LogP contribution is -2.31. The first-order valence-electron chi connectivity index (χ1n) is 4.56. The van der Waals surface area contributed by atoms with E-state index in [-0.39, 0.29) is 11.8 Å². The number of rotatable bonds is 5. The van der Waals surface area contributed by atoms with Gasteiger partial charge in [-0.25, -0.2) is 0 Å². The van der Waals surface area contributed by atoms with Crippen molar-refractivity contribution in [1.82, 2.24) is 10.2 Å². The summed E-state index contributed by atoms with van der Waals surface area (Å²) in [5.41, 5.74) is 0. The first-order chi connectivity index (χ1) is 6.11. The van der Waals surface area contributed by atoms with Crippen molar-refractivity contribution in [3.8, 4) is 0 Å². The van der Waals surface area contributed by atoms with Crippen molar-refractivity contribution < 1.29 is 9.59 Å². The number of nitrogens with one attached hydrogen (secondary N) is 1. The Kier molecular flexibility index (Phi) is 5.93. The lowest BCUT2D eigenvalue weighted by atomic mass is 10.3. The zero-order valence-corrected chi connectivity index (χ0v) is 8.59. The van der Waals surface area contributed by atoms with Crippen LogP contribution in [0.4, 0.5) is 0 Å². The van der Waals surface area contributed by atoms with Crippen molar-refractivity contribution in [2.24, 2.45) is 0 Å². The van der Waals surface area contributed by atoms with Gasteiger partial charge in [-0.3, -0.25) is 9.59 Å². The van der Waals surface area contributed by atoms with E-state index in [2.05, 4.69) is 5.32 Å². The van der Waals surface area contributed by atoms with Crippen LogP contribution in [-0.2, 0) is 9.59 Å². The summed E-state index contributed by atoms with van der Waals surface area (Å²) in [6.45, 7) is 2.46. The molecule has 0 spiro atoms. The van der Waals surface area contributed by atoms with Crippen molar-refractivity contribution in [2.75, 3.05) is 20.6 Å². The lowest BCUT2D eigenvalue weighted by Gasteiger charge is -2.15. The van der Waals surface area contributed by atoms with Crippen LogP contribution in [0, 0.1) is 0 Å². The SMILES string of the molecule is CCCC(=O)N(C)CCC(=O)NC. The van der Waals surface area contributed by atoms with Gasteiger partial charge in [-0.2, -0.15) is 0 Å². The first kappa shape index (κ1) is 11.9. The fourth-order valence-corrected chi connectivity index (χ4v) is 0.924. The smallest absolute Gasteiger partial charge is 0.222 e. The molecule has 0 fully saturated rings. The zero-order chi connectivity index (χ0) is 10.3. The molecule has 0 aromatic heterocycles. The van der Waals surface area contributed by atoms with Crippen LogP contribution in [0.3, 0.4) is 0 Å². The van der Waals surface area contributed by atoms with Gasteiger partial charge in [-0.05, 0) is 6.42 Å². The van der Waals surface area contributed by atoms with Gasteiger partial charge in [0.25, 0.3) is 0 Å². The van der Waals surface area contributed by atoms with Gasteiger partial charge in [-0.1, -0.05) is 6.92 Å². The highest BCUT2D eigenvalue weighted by Crippen LogP contribution is 1.95. The number of hydrogen-bond donors (Lipinski definition) is 1. The molecular weight excluding hydrogens is 168 g/mol. The van der Waals surface area contributed by atoms with E-state index in [1.165, 1.54) is 0 Å². The van der Waals surface area contributed by atoms with E-state index in [9.17, 15) is 9.59 Å². The molecule has 0 saturated heterocycles. The Hall–Kier alpha value is -1.06. The predicted octanol–water partition coefficient (Wildman–Crippen LogP) is 0.381. The maximum Gasteiger partial charge on any atom is 0.222 e. The minimum Gasteiger partial charge on any atom is -0.359 e. The monoisotopic (exact) mass is 186 g/mol. The van der Waals surface area contributed by atoms with Crippen LogP contribution in [0.2, 0.25) is 0 Å². The molecule has 2 amide bonds. The Balaban J connectivity index is 3.67. The quantitative estimate of drug-likeness (QED) is 0.675. The van der Waals surface area contributed by atoms with Crippen LogP contribution in [0.1, 0.15) is 26.2 Å². The van der Waals surface area contributed by atoms with Gasteiger partial charge in [0.05, 0.1) is 0 Å². The van der Waals surface area contributed by atoms with Crippen LogP contribution in [0.15, 0.2) is 0 Å². The summed E-state index contributed by atoms with van der Waals surface area (Å²) < 4.78 is 0. The molecule has 0 aliphatic heterocycles. The van der Waals surface area contributed by atoms with Crippen LogP contribution >= 0.6 is 0 Å². The second-order valence-electron chi connectivity index (χ2n) is 2.99. The third kappa shape index (κ3) is 5.22. The van der Waals surface area contributed by atoms with Gasteiger partial charge in [0.15, 0.2) is 0 Å². The van der Waals surface area contributed by atoms with Crippen molar-refractivity contribution >= 4 is 11.8 Å². The van der Waals surface area contributed by atoms with Gasteiger partial charge < -0.3 is 10.2 Å². The Bertz CT molecular complexity index is 180. The largest absolute Gasteiger partial charge is 0.359 e. The summed E-state index contributed by atoms with van der Waals surface area (Å²) in [7, 11) is 3.32. The molecule has 0 saturated carbocycles. The Morgan fingerprint density at radius 2 is 1.92 bits per heavy atom. The molecule has 13 heavy (non-hydrogen) atoms. The second kappa shape index (κ2) is 6.46. The summed E-state index contributed by atoms with van der Waals surface area (Å²) >= 11 is 0. The summed E-state index contributed by atoms with van der Waals surface area (Å²) in [5, 5.41) is 2.51. The molecule has 4 nitrogen and oxygen atoms in total. The minimum absolute atomic E-state index is 0.0313. The average Bonchev–Trinajstić information content (AvgIpc) is 2.13. The number of carbonyl (C=O) groups excluding carboxylic acids is 2. The van der Waals surface area contributed by atoms with Crippen molar-refractivity contribution in [1.29, 1.82) is 0 Å². The normalized spacial score (nSPS) is 9.46. The Labute approximate surface area is 79.3 Å². The summed E-state index contributed by atoms with van der Waals surface area (Å²) in [6, 6.07) is 0. The van der Waals surface area contributed by atoms with E-state index < -0.39 is 0 Å². The summed E-state index contributed by atoms with van der Waals surface area (Å²) in [5.74, 6) is 0.0718. The van der Waals surface area contributed by atoms with Crippen LogP contribution in [0.5, 0.6) is 0 Å². The Morgan fingerprint density at radius 3 is 2.38 bits per heavy atom. The number of carbonyl (C=O) groups is 2. The molecule has 1 N–H and O–H groups in total. The molecular formula is C9H18N2O2. The maximum absolute atomic E-state index is 11.2. The summed E-state index contributed by atoms with van der Waals surface area (Å²) in [4.78, 5) is 23.7. The first-order valence-corrected chi connectivity index (χ1v) is 4.56. The molecule has 0 aromatic carbocycles. The molecule has 0 rings (SSSR count). The highest BCUT2D eigenvalue weighted by Gasteiger charge is 2.08. The van der Waals surface area contributed by atoms with E-state index >= 15 is 0 Å². The molecule has 0 atom stereocenters. The minimum atomic E-state index is -0.0313. The third-order valence-corrected chi connectivity index (χ3v) is 1.84. The second-order valence-corrected chi connectivity index (χ2v) is 2.99. The number of amides is 2. The molecule has 0 bridgehead atoms. The van der Waals surface area contributed by atoms with Gasteiger partial charge in [0.2, 0.25) is 11.8 Å². The third-order valence-electron chi connectivity index (χ3n) is 1.84. The van der Waals surface area contributed by atoms with Crippen molar-refractivity contribution in [2.45, 2.75) is 26.2 Å². The molecule has 4 heteroatoms. The molecule has 0 radical (unpaired) electrons. The molecule has 0 heterocycles. The summed E-state index contributed by atoms with van der Waals surface area (Å²) in [6.07, 6.45) is 1.79. The van der Waals surface area contributed by atoms with E-state index in [4.69, 9.17) is 0 Å². The topological polar surface area (TPSA) is 49.4 Å². The van der Waals surface area contributed by atoms with Gasteiger partial charge in [-0.15, -0.1) is 0 Å². The predicted molar refractivity (Wildman–Crippen MR) is 51.2 cm³/mol. The molecule has 0 aliphatic carbocycles. The number of nitrogens with zero attached hydrogens (tertiary/aromatic N) is 1. The molecule has 76 valence electrons. The van der Waals surface area contributed by atoms with Crippen LogP contribution in [0.25, 0.3) is 0 Å². The fourth-order valence-electron chi connectivity index (χ4n) is 0.924. The highest BCUT2D eigenvalue weighted by atomic mass is 16.2. The van der Waals surface area contributed by atoms with Crippen molar-refractivity contribution in [3.05, 3.63) is 0 Å². The zero-order valence-electron chi connectivity index (χ0n) is 8.59. The van der Waals surface area contributed by atoms with Gasteiger partial charge in [0, 0.05) is 33.5 Å². The molecule has 0 aliphatic rings. The van der Waals surface area contributed by atoms with E-state index in [0.717, 1.165) is 6.42 Å². The average molecular weight is 186 g/mol. The molecule has 0 aromatic rings. The lowest BCUT2D eigenvalue weighted by molar-refractivity contribution is -0.130. The van der Waals surface area contributed by atoms with Crippen LogP contribution < -0.4 is 5.32 Å². The van der Waals surface area contributed by atoms with Crippen LogP contribution in [-0.4, -0.2) is 37.4 Å². The van der Waals surface area contributed by atoms with E-state index in [1.54, 1.807) is 19.0 Å².